The van der Waals surface area contributed by atoms with Gasteiger partial charge in [0.05, 0.1) is 17.9 Å². The van der Waals surface area contributed by atoms with Crippen LogP contribution in [0, 0.1) is 0 Å². The van der Waals surface area contributed by atoms with Crippen molar-refractivity contribution in [3.8, 4) is 5.75 Å². The topological polar surface area (TPSA) is 26.3 Å². The van der Waals surface area contributed by atoms with Crippen molar-refractivity contribution in [2.75, 3.05) is 0 Å². The Bertz CT molecular complexity index is 626. The molecule has 2 rings (SSSR count). The highest BCUT2D eigenvalue weighted by atomic mass is 35.5. The lowest BCUT2D eigenvalue weighted by atomic mass is 9.81. The molecule has 2 aromatic carbocycles. The predicted octanol–water partition coefficient (Wildman–Crippen LogP) is 4.46. The molecule has 100 valence electrons. The molecule has 1 unspecified atom stereocenters. The van der Waals surface area contributed by atoms with Gasteiger partial charge in [-0.3, -0.25) is 4.79 Å². The Morgan fingerprint density at radius 1 is 0.950 bits per heavy atom. The van der Waals surface area contributed by atoms with Crippen LogP contribution in [-0.2, 0) is 4.79 Å². The highest BCUT2D eigenvalue weighted by Crippen LogP contribution is 2.33. The zero-order chi connectivity index (χ0) is 14.7. The Balaban J connectivity index is 2.23. The molecule has 2 nitrogen and oxygen atoms in total. The first-order valence-electron chi connectivity index (χ1n) is 5.66. The van der Waals surface area contributed by atoms with Crippen LogP contribution in [0.4, 0.5) is 0 Å². The molecule has 0 aliphatic rings. The number of carbonyl (C=O) groups is 1. The van der Waals surface area contributed by atoms with Crippen LogP contribution in [0.3, 0.4) is 0 Å². The predicted molar refractivity (Wildman–Crippen MR) is 82.0 cm³/mol. The van der Waals surface area contributed by atoms with Gasteiger partial charge in [0.1, 0.15) is 0 Å². The number of rotatable bonds is 3. The van der Waals surface area contributed by atoms with Gasteiger partial charge in [-0.2, -0.15) is 0 Å². The van der Waals surface area contributed by atoms with Gasteiger partial charge in [-0.05, 0) is 23.8 Å². The molecule has 6 heteroatoms. The van der Waals surface area contributed by atoms with E-state index in [2.05, 4.69) is 0 Å². The van der Waals surface area contributed by atoms with E-state index < -0.39 is 11.8 Å². The van der Waals surface area contributed by atoms with Crippen LogP contribution in [0.1, 0.15) is 11.4 Å². The summed E-state index contributed by atoms with van der Waals surface area (Å²) >= 11 is 17.8. The standard InChI is InChI=1S/C14H8BCl3O2/c15-12(8-4-1-2-5-9(8)16)14(19)20-13-10(17)6-3-7-11(13)18/h1-7,12H. The average molecular weight is 325 g/mol. The SMILES string of the molecule is [B]C(C(=O)Oc1c(Cl)cccc1Cl)c1ccccc1Cl. The summed E-state index contributed by atoms with van der Waals surface area (Å²) in [5.41, 5.74) is 0.474. The Morgan fingerprint density at radius 2 is 1.50 bits per heavy atom. The molecule has 0 aromatic heterocycles. The third-order valence-electron chi connectivity index (χ3n) is 2.62. The second kappa shape index (κ2) is 6.53. The van der Waals surface area contributed by atoms with Gasteiger partial charge in [-0.1, -0.05) is 59.1 Å². The first-order valence-corrected chi connectivity index (χ1v) is 6.80. The molecule has 0 amide bonds. The van der Waals surface area contributed by atoms with Gasteiger partial charge in [-0.25, -0.2) is 0 Å². The highest BCUT2D eigenvalue weighted by Gasteiger charge is 2.21. The van der Waals surface area contributed by atoms with Crippen molar-refractivity contribution in [1.82, 2.24) is 0 Å². The zero-order valence-corrected chi connectivity index (χ0v) is 12.4. The average Bonchev–Trinajstić information content (AvgIpc) is 2.42. The van der Waals surface area contributed by atoms with Crippen molar-refractivity contribution in [2.45, 2.75) is 5.82 Å². The van der Waals surface area contributed by atoms with E-state index in [0.29, 0.717) is 10.6 Å². The maximum Gasteiger partial charge on any atom is 0.309 e. The number of hydrogen-bond acceptors (Lipinski definition) is 2. The third kappa shape index (κ3) is 3.29. The minimum absolute atomic E-state index is 0.0864. The van der Waals surface area contributed by atoms with E-state index in [1.54, 1.807) is 42.5 Å². The molecular formula is C14H8BCl3O2. The summed E-state index contributed by atoms with van der Waals surface area (Å²) in [5, 5.41) is 0.858. The summed E-state index contributed by atoms with van der Waals surface area (Å²) < 4.78 is 5.16. The van der Waals surface area contributed by atoms with E-state index in [-0.39, 0.29) is 15.8 Å². The van der Waals surface area contributed by atoms with Crippen LogP contribution in [0.2, 0.25) is 15.1 Å². The van der Waals surface area contributed by atoms with Crippen molar-refractivity contribution in [3.63, 3.8) is 0 Å². The lowest BCUT2D eigenvalue weighted by molar-refractivity contribution is -0.134. The number of esters is 1. The van der Waals surface area contributed by atoms with Gasteiger partial charge < -0.3 is 4.74 Å². The van der Waals surface area contributed by atoms with Crippen molar-refractivity contribution >= 4 is 48.6 Å². The number of carbonyl (C=O) groups excluding carboxylic acids is 1. The van der Waals surface area contributed by atoms with Gasteiger partial charge in [0.15, 0.2) is 5.75 Å². The van der Waals surface area contributed by atoms with E-state index >= 15 is 0 Å². The van der Waals surface area contributed by atoms with Crippen LogP contribution in [0.15, 0.2) is 42.5 Å². The fraction of sp³-hybridized carbons (Fsp3) is 0.0714. The molecule has 0 aliphatic heterocycles. The largest absolute Gasteiger partial charge is 0.423 e. The van der Waals surface area contributed by atoms with Gasteiger partial charge in [0, 0.05) is 10.8 Å². The summed E-state index contributed by atoms with van der Waals surface area (Å²) in [6, 6.07) is 11.6. The van der Waals surface area contributed by atoms with Crippen LogP contribution >= 0.6 is 34.8 Å². The van der Waals surface area contributed by atoms with Crippen molar-refractivity contribution in [3.05, 3.63) is 63.1 Å². The molecule has 0 aliphatic carbocycles. The second-order valence-electron chi connectivity index (χ2n) is 3.97. The van der Waals surface area contributed by atoms with Crippen molar-refractivity contribution in [2.24, 2.45) is 0 Å². The summed E-state index contributed by atoms with van der Waals surface area (Å²) in [7, 11) is 5.84. The molecule has 0 heterocycles. The fourth-order valence-corrected chi connectivity index (χ4v) is 2.33. The zero-order valence-electron chi connectivity index (χ0n) is 10.1. The Hall–Kier alpha value is -1.16. The van der Waals surface area contributed by atoms with E-state index in [4.69, 9.17) is 47.4 Å². The number of para-hydroxylation sites is 1. The summed E-state index contributed by atoms with van der Waals surface area (Å²) in [4.78, 5) is 12.0. The van der Waals surface area contributed by atoms with Gasteiger partial charge in [0.2, 0.25) is 0 Å². The third-order valence-corrected chi connectivity index (χ3v) is 3.56. The monoisotopic (exact) mass is 324 g/mol. The maximum absolute atomic E-state index is 12.0. The van der Waals surface area contributed by atoms with Crippen LogP contribution in [0.25, 0.3) is 0 Å². The van der Waals surface area contributed by atoms with Gasteiger partial charge in [-0.15, -0.1) is 0 Å². The molecular weight excluding hydrogens is 317 g/mol. The molecule has 0 saturated carbocycles. The number of hydrogen-bond donors (Lipinski definition) is 0. The number of benzene rings is 2. The van der Waals surface area contributed by atoms with Crippen molar-refractivity contribution in [1.29, 1.82) is 0 Å². The summed E-state index contributed by atoms with van der Waals surface area (Å²) in [6.07, 6.45) is 0. The normalized spacial score (nSPS) is 11.9. The minimum atomic E-state index is -1.02. The lowest BCUT2D eigenvalue weighted by Crippen LogP contribution is -2.19. The Labute approximate surface area is 133 Å². The highest BCUT2D eigenvalue weighted by molar-refractivity contribution is 6.37. The molecule has 2 radical (unpaired) electrons. The molecule has 20 heavy (non-hydrogen) atoms. The smallest absolute Gasteiger partial charge is 0.309 e. The molecule has 1 atom stereocenters. The summed E-state index contributed by atoms with van der Waals surface area (Å²) in [5.74, 6) is -1.62. The number of ether oxygens (including phenoxy) is 1. The molecule has 0 bridgehead atoms. The fourth-order valence-electron chi connectivity index (χ4n) is 1.60. The minimum Gasteiger partial charge on any atom is -0.423 e. The van der Waals surface area contributed by atoms with E-state index in [9.17, 15) is 4.79 Å². The van der Waals surface area contributed by atoms with Crippen LogP contribution in [0.5, 0.6) is 5.75 Å². The van der Waals surface area contributed by atoms with E-state index in [0.717, 1.165) is 0 Å². The molecule has 0 N–H and O–H groups in total. The van der Waals surface area contributed by atoms with Crippen molar-refractivity contribution < 1.29 is 9.53 Å². The van der Waals surface area contributed by atoms with Gasteiger partial charge in [0.25, 0.3) is 0 Å². The first kappa shape index (κ1) is 15.2. The second-order valence-corrected chi connectivity index (χ2v) is 5.19. The van der Waals surface area contributed by atoms with Crippen LogP contribution < -0.4 is 4.74 Å². The Morgan fingerprint density at radius 3 is 2.10 bits per heavy atom. The molecule has 0 fully saturated rings. The van der Waals surface area contributed by atoms with Gasteiger partial charge >= 0.3 is 5.97 Å². The number of halogens is 3. The first-order chi connectivity index (χ1) is 9.50. The quantitative estimate of drug-likeness (QED) is 0.473. The van der Waals surface area contributed by atoms with Crippen LogP contribution in [-0.4, -0.2) is 13.8 Å². The molecule has 0 spiro atoms. The lowest BCUT2D eigenvalue weighted by Gasteiger charge is -2.14. The molecule has 2 aromatic rings. The van der Waals surface area contributed by atoms with E-state index in [1.807, 2.05) is 0 Å². The van der Waals surface area contributed by atoms with E-state index in [1.165, 1.54) is 0 Å². The maximum atomic E-state index is 12.0. The summed E-state index contributed by atoms with van der Waals surface area (Å²) in [6.45, 7) is 0. The molecule has 0 saturated heterocycles. The Kier molecular flexibility index (Phi) is 4.98.